The van der Waals surface area contributed by atoms with Crippen molar-refractivity contribution in [2.75, 3.05) is 6.61 Å². The molecule has 0 aromatic heterocycles. The van der Waals surface area contributed by atoms with E-state index in [9.17, 15) is 0 Å². The Morgan fingerprint density at radius 2 is 1.09 bits per heavy atom. The third kappa shape index (κ3) is 12.3. The predicted octanol–water partition coefficient (Wildman–Crippen LogP) is 7.88. The van der Waals surface area contributed by atoms with Crippen molar-refractivity contribution in [3.05, 3.63) is 91.0 Å². The van der Waals surface area contributed by atoms with E-state index in [1.54, 1.807) is 0 Å². The summed E-state index contributed by atoms with van der Waals surface area (Å²) in [5, 5.41) is 0. The molecular formula is C26H34O6P2. The maximum atomic E-state index is 8.52. The third-order valence-corrected chi connectivity index (χ3v) is 6.20. The molecule has 8 heteroatoms. The molecule has 3 aromatic rings. The lowest BCUT2D eigenvalue weighted by Crippen LogP contribution is -2.06. The molecule has 1 unspecified atom stereocenters. The van der Waals surface area contributed by atoms with Crippen molar-refractivity contribution >= 4 is 17.2 Å². The van der Waals surface area contributed by atoms with Crippen LogP contribution in [0.3, 0.4) is 0 Å². The Morgan fingerprint density at radius 3 is 1.41 bits per heavy atom. The van der Waals surface area contributed by atoms with E-state index in [-0.39, 0.29) is 0 Å². The number of benzene rings is 3. The number of para-hydroxylation sites is 3. The summed E-state index contributed by atoms with van der Waals surface area (Å²) in [4.78, 5) is 17.0. The Bertz CT molecular complexity index is 770. The number of unbranched alkanes of at least 4 members (excludes halogenated alkanes) is 1. The monoisotopic (exact) mass is 504 g/mol. The van der Waals surface area contributed by atoms with Gasteiger partial charge in [-0.3, -0.25) is 0 Å². The van der Waals surface area contributed by atoms with Crippen LogP contribution >= 0.6 is 17.2 Å². The Hall–Kier alpha value is -2.20. The topological polar surface area (TPSA) is 77.4 Å². The fourth-order valence-electron chi connectivity index (χ4n) is 2.83. The lowest BCUT2D eigenvalue weighted by molar-refractivity contribution is 0.201. The van der Waals surface area contributed by atoms with E-state index in [4.69, 9.17) is 27.9 Å². The highest BCUT2D eigenvalue weighted by Crippen LogP contribution is 2.41. The molecule has 1 atom stereocenters. The maximum absolute atomic E-state index is 8.52. The zero-order valence-corrected chi connectivity index (χ0v) is 21.5. The highest BCUT2D eigenvalue weighted by Gasteiger charge is 2.19. The molecule has 0 spiro atoms. The molecule has 2 N–H and O–H groups in total. The predicted molar refractivity (Wildman–Crippen MR) is 139 cm³/mol. The standard InChI is InChI=1S/C18H15O3P.C8H19O3P/c1-4-10-16(11-5-1)19-22(20-17-12-6-2-7-13-17)21-18-14-8-3-9-15-18;1-3-5-6-8(4-2)7-11-12(9)10/h1-15H;8-10H,3-7H2,1-2H3. The minimum absolute atomic E-state index is 0.481. The van der Waals surface area contributed by atoms with Gasteiger partial charge < -0.3 is 27.9 Å². The lowest BCUT2D eigenvalue weighted by Gasteiger charge is -2.17. The van der Waals surface area contributed by atoms with Gasteiger partial charge in [-0.25, -0.2) is 0 Å². The molecular weight excluding hydrogens is 470 g/mol. The average molecular weight is 505 g/mol. The van der Waals surface area contributed by atoms with Crippen LogP contribution in [0.4, 0.5) is 0 Å². The van der Waals surface area contributed by atoms with Crippen molar-refractivity contribution in [1.29, 1.82) is 0 Å². The van der Waals surface area contributed by atoms with Crippen LogP contribution in [-0.4, -0.2) is 16.4 Å². The van der Waals surface area contributed by atoms with Crippen LogP contribution in [0.5, 0.6) is 17.2 Å². The lowest BCUT2D eigenvalue weighted by atomic mass is 10.0. The molecule has 0 saturated carbocycles. The van der Waals surface area contributed by atoms with Gasteiger partial charge in [0.25, 0.3) is 0 Å². The normalized spacial score (nSPS) is 11.5. The van der Waals surface area contributed by atoms with Crippen LogP contribution in [0.25, 0.3) is 0 Å². The second kappa shape index (κ2) is 17.3. The molecule has 0 radical (unpaired) electrons. The first kappa shape index (κ1) is 28.0. The van der Waals surface area contributed by atoms with Gasteiger partial charge in [0.2, 0.25) is 0 Å². The fraction of sp³-hybridized carbons (Fsp3) is 0.308. The van der Waals surface area contributed by atoms with Crippen LogP contribution in [0.15, 0.2) is 91.0 Å². The quantitative estimate of drug-likeness (QED) is 0.231. The van der Waals surface area contributed by atoms with E-state index in [2.05, 4.69) is 13.8 Å². The van der Waals surface area contributed by atoms with Crippen molar-refractivity contribution in [2.24, 2.45) is 5.92 Å². The molecule has 0 saturated heterocycles. The zero-order chi connectivity index (χ0) is 24.4. The second-order valence-corrected chi connectivity index (χ2v) is 9.16. The van der Waals surface area contributed by atoms with E-state index in [1.807, 2.05) is 91.0 Å². The molecule has 6 nitrogen and oxygen atoms in total. The van der Waals surface area contributed by atoms with Crippen molar-refractivity contribution in [3.8, 4) is 17.2 Å². The second-order valence-electron chi connectivity index (χ2n) is 7.40. The smallest absolute Gasteiger partial charge is 0.409 e. The third-order valence-electron chi connectivity index (χ3n) is 4.74. The van der Waals surface area contributed by atoms with Gasteiger partial charge in [0.15, 0.2) is 0 Å². The first-order valence-corrected chi connectivity index (χ1v) is 13.7. The Kier molecular flexibility index (Phi) is 14.2. The SMILES string of the molecule is CCCCC(CC)COP(O)O.c1ccc(OP(Oc2ccccc2)Oc2ccccc2)cc1. The average Bonchev–Trinajstić information content (AvgIpc) is 2.86. The summed E-state index contributed by atoms with van der Waals surface area (Å²) in [7, 11) is -3.74. The number of rotatable bonds is 13. The molecule has 184 valence electrons. The molecule has 34 heavy (non-hydrogen) atoms. The van der Waals surface area contributed by atoms with Crippen LogP contribution < -0.4 is 13.6 Å². The summed E-state index contributed by atoms with van der Waals surface area (Å²) in [6.45, 7) is 4.73. The summed E-state index contributed by atoms with van der Waals surface area (Å²) < 4.78 is 22.3. The minimum atomic E-state index is -2.15. The van der Waals surface area contributed by atoms with Gasteiger partial charge in [0.05, 0.1) is 6.61 Å². The summed E-state index contributed by atoms with van der Waals surface area (Å²) in [5.41, 5.74) is 0. The van der Waals surface area contributed by atoms with Crippen LogP contribution in [0.2, 0.25) is 0 Å². The molecule has 0 aliphatic heterocycles. The Labute approximate surface area is 205 Å². The Balaban J connectivity index is 0.000000292. The van der Waals surface area contributed by atoms with Gasteiger partial charge in [0.1, 0.15) is 17.2 Å². The first-order chi connectivity index (χ1) is 16.6. The molecule has 0 aliphatic carbocycles. The molecule has 0 fully saturated rings. The van der Waals surface area contributed by atoms with Gasteiger partial charge in [-0.1, -0.05) is 87.7 Å². The maximum Gasteiger partial charge on any atom is 0.530 e. The van der Waals surface area contributed by atoms with E-state index in [1.165, 1.54) is 12.8 Å². The van der Waals surface area contributed by atoms with Crippen LogP contribution in [-0.2, 0) is 4.52 Å². The van der Waals surface area contributed by atoms with Gasteiger partial charge in [-0.2, -0.15) is 0 Å². The minimum Gasteiger partial charge on any atom is -0.409 e. The molecule has 0 aliphatic rings. The number of hydrogen-bond acceptors (Lipinski definition) is 6. The van der Waals surface area contributed by atoms with Gasteiger partial charge in [0, 0.05) is 0 Å². The Morgan fingerprint density at radius 1 is 0.676 bits per heavy atom. The largest absolute Gasteiger partial charge is 0.530 e. The van der Waals surface area contributed by atoms with Crippen molar-refractivity contribution in [2.45, 2.75) is 39.5 Å². The van der Waals surface area contributed by atoms with E-state index < -0.39 is 17.2 Å². The van der Waals surface area contributed by atoms with Crippen molar-refractivity contribution in [3.63, 3.8) is 0 Å². The molecule has 3 rings (SSSR count). The summed E-state index contributed by atoms with van der Waals surface area (Å²) in [6.07, 6.45) is 4.54. The van der Waals surface area contributed by atoms with Gasteiger partial charge in [-0.05, 0) is 48.7 Å². The van der Waals surface area contributed by atoms with E-state index in [0.29, 0.717) is 29.8 Å². The number of hydrogen-bond donors (Lipinski definition) is 2. The molecule has 0 amide bonds. The summed E-state index contributed by atoms with van der Waals surface area (Å²) in [6, 6.07) is 28.5. The van der Waals surface area contributed by atoms with Crippen molar-refractivity contribution in [1.82, 2.24) is 0 Å². The summed E-state index contributed by atoms with van der Waals surface area (Å²) >= 11 is 0. The highest BCUT2D eigenvalue weighted by molar-refractivity contribution is 7.43. The fourth-order valence-corrected chi connectivity index (χ4v) is 4.17. The molecule has 0 heterocycles. The van der Waals surface area contributed by atoms with Crippen LogP contribution in [0.1, 0.15) is 39.5 Å². The van der Waals surface area contributed by atoms with Crippen LogP contribution in [0, 0.1) is 5.92 Å². The highest BCUT2D eigenvalue weighted by atomic mass is 31.2. The van der Waals surface area contributed by atoms with E-state index in [0.717, 1.165) is 12.8 Å². The summed E-state index contributed by atoms with van der Waals surface area (Å²) in [5.74, 6) is 2.61. The van der Waals surface area contributed by atoms with Gasteiger partial charge >= 0.3 is 17.2 Å². The molecule has 0 bridgehead atoms. The van der Waals surface area contributed by atoms with Crippen molar-refractivity contribution < 1.29 is 27.9 Å². The zero-order valence-electron chi connectivity index (χ0n) is 19.7. The molecule has 3 aromatic carbocycles. The van der Waals surface area contributed by atoms with E-state index >= 15 is 0 Å². The first-order valence-electron chi connectivity index (χ1n) is 11.4. The van der Waals surface area contributed by atoms with Gasteiger partial charge in [-0.15, -0.1) is 0 Å².